The fourth-order valence-electron chi connectivity index (χ4n) is 2.49. The Kier molecular flexibility index (Phi) is 4.22. The van der Waals surface area contributed by atoms with Gasteiger partial charge in [-0.25, -0.2) is 0 Å². The third-order valence-electron chi connectivity index (χ3n) is 3.99. The van der Waals surface area contributed by atoms with Gasteiger partial charge in [-0.05, 0) is 44.7 Å². The lowest BCUT2D eigenvalue weighted by Gasteiger charge is -2.35. The largest absolute Gasteiger partial charge is 0.394 e. The summed E-state index contributed by atoms with van der Waals surface area (Å²) < 4.78 is 0. The summed E-state index contributed by atoms with van der Waals surface area (Å²) in [6.45, 7) is 2.02. The lowest BCUT2D eigenvalue weighted by molar-refractivity contribution is -0.121. The zero-order chi connectivity index (χ0) is 13.9. The molecular formula is C15H22N2O2. The van der Waals surface area contributed by atoms with Crippen LogP contribution in [0.25, 0.3) is 0 Å². The number of benzene rings is 1. The summed E-state index contributed by atoms with van der Waals surface area (Å²) in [6.07, 6.45) is 2.90. The summed E-state index contributed by atoms with van der Waals surface area (Å²) in [5, 5.41) is 12.2. The van der Waals surface area contributed by atoms with Gasteiger partial charge in [-0.15, -0.1) is 0 Å². The van der Waals surface area contributed by atoms with Crippen molar-refractivity contribution in [2.45, 2.75) is 38.1 Å². The topological polar surface area (TPSA) is 75.4 Å². The van der Waals surface area contributed by atoms with Gasteiger partial charge in [0.05, 0.1) is 6.61 Å². The third-order valence-corrected chi connectivity index (χ3v) is 3.99. The van der Waals surface area contributed by atoms with E-state index in [1.165, 1.54) is 5.56 Å². The molecule has 0 spiro atoms. The summed E-state index contributed by atoms with van der Waals surface area (Å²) in [6, 6.07) is 7.79. The van der Waals surface area contributed by atoms with E-state index in [1.807, 2.05) is 31.2 Å². The minimum Gasteiger partial charge on any atom is -0.394 e. The van der Waals surface area contributed by atoms with Crippen LogP contribution in [-0.2, 0) is 4.79 Å². The fraction of sp³-hybridized carbons (Fsp3) is 0.533. The molecule has 0 heterocycles. The first-order valence-corrected chi connectivity index (χ1v) is 6.80. The van der Waals surface area contributed by atoms with Crippen molar-refractivity contribution in [1.29, 1.82) is 0 Å². The summed E-state index contributed by atoms with van der Waals surface area (Å²) in [5.41, 5.74) is 7.53. The average molecular weight is 262 g/mol. The van der Waals surface area contributed by atoms with Crippen molar-refractivity contribution in [3.8, 4) is 0 Å². The quantitative estimate of drug-likeness (QED) is 0.777. The number of aryl methyl sites for hydroxylation is 1. The van der Waals surface area contributed by atoms with E-state index in [1.54, 1.807) is 0 Å². The van der Waals surface area contributed by atoms with E-state index in [9.17, 15) is 9.90 Å². The van der Waals surface area contributed by atoms with Crippen LogP contribution >= 0.6 is 0 Å². The number of carbonyl (C=O) groups excluding carboxylic acids is 1. The van der Waals surface area contributed by atoms with Gasteiger partial charge in [0.2, 0.25) is 5.91 Å². The molecule has 2 rings (SSSR count). The maximum absolute atomic E-state index is 12.1. The minimum atomic E-state index is -0.485. The first kappa shape index (κ1) is 14.0. The molecule has 0 aromatic heterocycles. The van der Waals surface area contributed by atoms with Gasteiger partial charge in [-0.1, -0.05) is 17.7 Å². The van der Waals surface area contributed by atoms with E-state index in [-0.39, 0.29) is 18.4 Å². The number of aliphatic hydroxyl groups is 1. The van der Waals surface area contributed by atoms with Crippen molar-refractivity contribution < 1.29 is 9.90 Å². The summed E-state index contributed by atoms with van der Waals surface area (Å²) in [7, 11) is 0. The molecule has 1 aromatic rings. The number of nitrogens with two attached hydrogens (primary N) is 1. The van der Waals surface area contributed by atoms with Gasteiger partial charge in [-0.2, -0.15) is 0 Å². The molecule has 4 N–H and O–H groups in total. The maximum Gasteiger partial charge on any atom is 0.227 e. The number of anilines is 1. The number of nitrogens with one attached hydrogen (secondary N) is 1. The number of aliphatic hydroxyl groups excluding tert-OH is 1. The van der Waals surface area contributed by atoms with E-state index < -0.39 is 5.54 Å². The molecule has 0 radical (unpaired) electrons. The Labute approximate surface area is 114 Å². The van der Waals surface area contributed by atoms with Crippen LogP contribution < -0.4 is 11.1 Å². The Bertz CT molecular complexity index is 434. The molecule has 1 fully saturated rings. The zero-order valence-electron chi connectivity index (χ0n) is 11.4. The van der Waals surface area contributed by atoms with Gasteiger partial charge in [0.25, 0.3) is 0 Å². The molecule has 1 saturated carbocycles. The number of amides is 1. The van der Waals surface area contributed by atoms with E-state index in [2.05, 4.69) is 5.32 Å². The van der Waals surface area contributed by atoms with Gasteiger partial charge < -0.3 is 16.2 Å². The summed E-state index contributed by atoms with van der Waals surface area (Å²) in [5.74, 6) is 0.0633. The normalized spacial score (nSPS) is 27.0. The van der Waals surface area contributed by atoms with Crippen molar-refractivity contribution in [1.82, 2.24) is 0 Å². The molecule has 1 amide bonds. The van der Waals surface area contributed by atoms with Crippen LogP contribution in [0.15, 0.2) is 24.3 Å². The molecule has 0 aliphatic heterocycles. The highest BCUT2D eigenvalue weighted by Crippen LogP contribution is 2.30. The van der Waals surface area contributed by atoms with E-state index >= 15 is 0 Å². The van der Waals surface area contributed by atoms with Crippen LogP contribution in [0.5, 0.6) is 0 Å². The van der Waals surface area contributed by atoms with Crippen molar-refractivity contribution >= 4 is 11.6 Å². The van der Waals surface area contributed by atoms with Gasteiger partial charge in [0.15, 0.2) is 0 Å². The Morgan fingerprint density at radius 1 is 1.37 bits per heavy atom. The van der Waals surface area contributed by atoms with Crippen LogP contribution in [0.2, 0.25) is 0 Å². The molecule has 0 bridgehead atoms. The second-order valence-electron chi connectivity index (χ2n) is 5.65. The molecular weight excluding hydrogens is 240 g/mol. The van der Waals surface area contributed by atoms with E-state index in [4.69, 9.17) is 5.73 Å². The number of carbonyl (C=O) groups is 1. The number of hydrogen-bond acceptors (Lipinski definition) is 3. The molecule has 0 saturated heterocycles. The number of hydrogen-bond donors (Lipinski definition) is 3. The van der Waals surface area contributed by atoms with Crippen molar-refractivity contribution in [3.63, 3.8) is 0 Å². The van der Waals surface area contributed by atoms with Crippen LogP contribution in [0.4, 0.5) is 5.69 Å². The molecule has 1 aliphatic rings. The second kappa shape index (κ2) is 5.72. The average Bonchev–Trinajstić information content (AvgIpc) is 2.42. The second-order valence-corrected chi connectivity index (χ2v) is 5.65. The monoisotopic (exact) mass is 262 g/mol. The molecule has 1 aliphatic carbocycles. The Morgan fingerprint density at radius 3 is 2.47 bits per heavy atom. The first-order valence-electron chi connectivity index (χ1n) is 6.80. The summed E-state index contributed by atoms with van der Waals surface area (Å²) >= 11 is 0. The van der Waals surface area contributed by atoms with Crippen LogP contribution in [0.1, 0.15) is 31.2 Å². The van der Waals surface area contributed by atoms with Crippen LogP contribution in [0.3, 0.4) is 0 Å². The van der Waals surface area contributed by atoms with Crippen molar-refractivity contribution in [2.75, 3.05) is 11.9 Å². The molecule has 0 atom stereocenters. The van der Waals surface area contributed by atoms with Crippen molar-refractivity contribution in [2.24, 2.45) is 11.7 Å². The SMILES string of the molecule is Cc1ccc(NC(=O)C2CCC(N)(CO)CC2)cc1. The van der Waals surface area contributed by atoms with E-state index in [0.29, 0.717) is 12.8 Å². The Hall–Kier alpha value is -1.39. The smallest absolute Gasteiger partial charge is 0.227 e. The third kappa shape index (κ3) is 3.55. The lowest BCUT2D eigenvalue weighted by Crippen LogP contribution is -2.47. The molecule has 4 nitrogen and oxygen atoms in total. The standard InChI is InChI=1S/C15H22N2O2/c1-11-2-4-13(5-3-11)17-14(19)12-6-8-15(16,10-18)9-7-12/h2-5,12,18H,6-10,16H2,1H3,(H,17,19). The Balaban J connectivity index is 1.89. The van der Waals surface area contributed by atoms with E-state index in [0.717, 1.165) is 18.5 Å². The van der Waals surface area contributed by atoms with Gasteiger partial charge in [-0.3, -0.25) is 4.79 Å². The highest BCUT2D eigenvalue weighted by Gasteiger charge is 2.33. The highest BCUT2D eigenvalue weighted by molar-refractivity contribution is 5.92. The minimum absolute atomic E-state index is 0.000693. The fourth-order valence-corrected chi connectivity index (χ4v) is 2.49. The molecule has 1 aromatic carbocycles. The van der Waals surface area contributed by atoms with Crippen molar-refractivity contribution in [3.05, 3.63) is 29.8 Å². The predicted octanol–water partition coefficient (Wildman–Crippen LogP) is 1.81. The van der Waals surface area contributed by atoms with Crippen LogP contribution in [0, 0.1) is 12.8 Å². The number of rotatable bonds is 3. The lowest BCUT2D eigenvalue weighted by atomic mass is 9.77. The highest BCUT2D eigenvalue weighted by atomic mass is 16.3. The van der Waals surface area contributed by atoms with Gasteiger partial charge in [0, 0.05) is 17.1 Å². The van der Waals surface area contributed by atoms with Crippen LogP contribution in [-0.4, -0.2) is 23.2 Å². The predicted molar refractivity (Wildman–Crippen MR) is 75.8 cm³/mol. The van der Waals surface area contributed by atoms with Gasteiger partial charge >= 0.3 is 0 Å². The van der Waals surface area contributed by atoms with Gasteiger partial charge in [0.1, 0.15) is 0 Å². The molecule has 19 heavy (non-hydrogen) atoms. The maximum atomic E-state index is 12.1. The molecule has 0 unspecified atom stereocenters. The molecule has 104 valence electrons. The first-order chi connectivity index (χ1) is 9.02. The molecule has 4 heteroatoms. The Morgan fingerprint density at radius 2 is 1.95 bits per heavy atom. The summed E-state index contributed by atoms with van der Waals surface area (Å²) in [4.78, 5) is 12.1. The zero-order valence-corrected chi connectivity index (χ0v) is 11.4.